The SMILES string of the molecule is O=C(Nc1ccc(C(F)(F)F)cc1)C(P(=O)(O)O)P(=O)(O)O. The minimum absolute atomic E-state index is 0.315. The molecule has 0 radical (unpaired) electrons. The third-order valence-electron chi connectivity index (χ3n) is 2.35. The van der Waals surface area contributed by atoms with E-state index >= 15 is 0 Å². The van der Waals surface area contributed by atoms with Gasteiger partial charge in [-0.2, -0.15) is 13.2 Å². The van der Waals surface area contributed by atoms with Gasteiger partial charge in [-0.25, -0.2) is 0 Å². The molecule has 0 fully saturated rings. The maximum absolute atomic E-state index is 12.3. The van der Waals surface area contributed by atoms with Crippen LogP contribution in [0, 0.1) is 0 Å². The molecule has 1 aromatic rings. The van der Waals surface area contributed by atoms with Gasteiger partial charge in [0, 0.05) is 5.69 Å². The first-order chi connectivity index (χ1) is 9.73. The first kappa shape index (κ1) is 18.8. The minimum atomic E-state index is -5.48. The lowest BCUT2D eigenvalue weighted by Crippen LogP contribution is -2.28. The average molecular weight is 363 g/mol. The van der Waals surface area contributed by atoms with E-state index in [1.54, 1.807) is 5.32 Å². The average Bonchev–Trinajstić information content (AvgIpc) is 2.23. The molecule has 1 aromatic carbocycles. The molecular weight excluding hydrogens is 353 g/mol. The highest BCUT2D eigenvalue weighted by Gasteiger charge is 2.49. The normalized spacial score (nSPS) is 13.3. The van der Waals surface area contributed by atoms with E-state index in [1.165, 1.54) is 0 Å². The van der Waals surface area contributed by atoms with E-state index in [4.69, 9.17) is 19.6 Å². The molecule has 0 saturated heterocycles. The summed E-state index contributed by atoms with van der Waals surface area (Å²) in [6, 6.07) is 2.72. The molecule has 1 rings (SSSR count). The third-order valence-corrected chi connectivity index (χ3v) is 5.90. The van der Waals surface area contributed by atoms with Crippen molar-refractivity contribution >= 4 is 26.8 Å². The van der Waals surface area contributed by atoms with Gasteiger partial charge in [-0.05, 0) is 24.3 Å². The van der Waals surface area contributed by atoms with Crippen LogP contribution >= 0.6 is 15.2 Å². The molecule has 0 spiro atoms. The molecular formula is C9H10F3NO7P2. The number of alkyl halides is 3. The fraction of sp³-hybridized carbons (Fsp3) is 0.222. The number of hydrogen-bond acceptors (Lipinski definition) is 3. The van der Waals surface area contributed by atoms with E-state index in [0.717, 1.165) is 12.1 Å². The van der Waals surface area contributed by atoms with E-state index in [-0.39, 0.29) is 5.69 Å². The number of rotatable bonds is 4. The molecule has 0 heterocycles. The van der Waals surface area contributed by atoms with Gasteiger partial charge in [0.1, 0.15) is 0 Å². The molecule has 0 unspecified atom stereocenters. The largest absolute Gasteiger partial charge is 0.416 e. The van der Waals surface area contributed by atoms with Gasteiger partial charge >= 0.3 is 21.4 Å². The van der Waals surface area contributed by atoms with Crippen LogP contribution in [0.5, 0.6) is 0 Å². The second-order valence-electron chi connectivity index (χ2n) is 4.12. The van der Waals surface area contributed by atoms with Gasteiger partial charge in [0.25, 0.3) is 5.91 Å². The van der Waals surface area contributed by atoms with Crippen LogP contribution in [0.1, 0.15) is 5.56 Å². The number of carbonyl (C=O) groups is 1. The van der Waals surface area contributed by atoms with Crippen LogP contribution in [-0.2, 0) is 20.1 Å². The maximum atomic E-state index is 12.3. The van der Waals surface area contributed by atoms with E-state index in [9.17, 15) is 27.1 Å². The molecule has 13 heteroatoms. The summed E-state index contributed by atoms with van der Waals surface area (Å²) in [5, 5.41) is -1.20. The van der Waals surface area contributed by atoms with Gasteiger partial charge in [0.2, 0.25) is 5.40 Å². The topological polar surface area (TPSA) is 144 Å². The lowest BCUT2D eigenvalue weighted by Gasteiger charge is -2.19. The van der Waals surface area contributed by atoms with Crippen LogP contribution < -0.4 is 5.32 Å². The van der Waals surface area contributed by atoms with Gasteiger partial charge in [-0.3, -0.25) is 13.9 Å². The van der Waals surface area contributed by atoms with Crippen molar-refractivity contribution in [2.24, 2.45) is 0 Å². The zero-order valence-electron chi connectivity index (χ0n) is 10.4. The van der Waals surface area contributed by atoms with E-state index in [0.29, 0.717) is 12.1 Å². The van der Waals surface area contributed by atoms with Gasteiger partial charge in [-0.15, -0.1) is 0 Å². The molecule has 0 aliphatic heterocycles. The molecule has 0 aromatic heterocycles. The molecule has 0 saturated carbocycles. The number of anilines is 1. The Morgan fingerprint density at radius 2 is 1.41 bits per heavy atom. The Hall–Kier alpha value is -1.22. The Kier molecular flexibility index (Phi) is 5.23. The van der Waals surface area contributed by atoms with E-state index in [1.807, 2.05) is 0 Å². The minimum Gasteiger partial charge on any atom is -0.325 e. The molecule has 5 N–H and O–H groups in total. The second-order valence-corrected chi connectivity index (χ2v) is 7.91. The van der Waals surface area contributed by atoms with Crippen molar-refractivity contribution in [3.63, 3.8) is 0 Å². The number of benzene rings is 1. The maximum Gasteiger partial charge on any atom is 0.416 e. The highest BCUT2D eigenvalue weighted by atomic mass is 31.2. The summed E-state index contributed by atoms with van der Waals surface area (Å²) in [6.45, 7) is 0. The van der Waals surface area contributed by atoms with Gasteiger partial charge in [-0.1, -0.05) is 0 Å². The number of carbonyl (C=O) groups excluding carboxylic acids is 1. The fourth-order valence-corrected chi connectivity index (χ4v) is 3.76. The monoisotopic (exact) mass is 363 g/mol. The molecule has 8 nitrogen and oxygen atoms in total. The first-order valence-electron chi connectivity index (χ1n) is 5.31. The van der Waals surface area contributed by atoms with Gasteiger partial charge in [0.15, 0.2) is 0 Å². The van der Waals surface area contributed by atoms with Crippen LogP contribution in [-0.4, -0.2) is 30.9 Å². The van der Waals surface area contributed by atoms with Crippen LogP contribution in [0.25, 0.3) is 0 Å². The van der Waals surface area contributed by atoms with Crippen molar-refractivity contribution in [3.05, 3.63) is 29.8 Å². The van der Waals surface area contributed by atoms with Crippen molar-refractivity contribution in [3.8, 4) is 0 Å². The summed E-state index contributed by atoms with van der Waals surface area (Å²) < 4.78 is 59.0. The molecule has 1 amide bonds. The summed E-state index contributed by atoms with van der Waals surface area (Å²) >= 11 is 0. The summed E-state index contributed by atoms with van der Waals surface area (Å²) in [5.41, 5.74) is -1.35. The van der Waals surface area contributed by atoms with Crippen molar-refractivity contribution in [2.45, 2.75) is 11.6 Å². The first-order valence-corrected chi connectivity index (χ1v) is 8.68. The molecule has 0 atom stereocenters. The van der Waals surface area contributed by atoms with Gasteiger partial charge in [0.05, 0.1) is 5.56 Å². The summed E-state index contributed by atoms with van der Waals surface area (Å²) in [7, 11) is -11.0. The van der Waals surface area contributed by atoms with Crippen LogP contribution in [0.15, 0.2) is 24.3 Å². The second kappa shape index (κ2) is 6.11. The highest BCUT2D eigenvalue weighted by molar-refractivity contribution is 7.72. The van der Waals surface area contributed by atoms with Gasteiger partial charge < -0.3 is 24.9 Å². The zero-order valence-corrected chi connectivity index (χ0v) is 12.2. The van der Waals surface area contributed by atoms with Crippen LogP contribution in [0.4, 0.5) is 18.9 Å². The number of halogens is 3. The summed E-state index contributed by atoms with van der Waals surface area (Å²) in [4.78, 5) is 46.9. The Morgan fingerprint density at radius 1 is 1.00 bits per heavy atom. The quantitative estimate of drug-likeness (QED) is 0.508. The smallest absolute Gasteiger partial charge is 0.325 e. The predicted octanol–water partition coefficient (Wildman–Crippen LogP) is 1.33. The number of amides is 1. The standard InChI is InChI=1S/C9H10F3NO7P2/c10-9(11,12)5-1-3-6(4-2-5)13-7(14)8(21(15,16)17)22(18,19)20/h1-4,8H,(H,13,14)(H2,15,16,17)(H2,18,19,20). The molecule has 0 aliphatic rings. The Labute approximate surface area is 121 Å². The Balaban J connectivity index is 3.01. The van der Waals surface area contributed by atoms with Crippen molar-refractivity contribution in [1.29, 1.82) is 0 Å². The summed E-state index contributed by atoms with van der Waals surface area (Å²) in [6.07, 6.45) is -4.62. The highest BCUT2D eigenvalue weighted by Crippen LogP contribution is 2.60. The summed E-state index contributed by atoms with van der Waals surface area (Å²) in [5.74, 6) is -1.71. The van der Waals surface area contributed by atoms with Crippen molar-refractivity contribution in [1.82, 2.24) is 0 Å². The lowest BCUT2D eigenvalue weighted by atomic mass is 10.2. The molecule has 22 heavy (non-hydrogen) atoms. The van der Waals surface area contributed by atoms with Crippen molar-refractivity contribution < 1.29 is 46.7 Å². The predicted molar refractivity (Wildman–Crippen MR) is 67.9 cm³/mol. The van der Waals surface area contributed by atoms with Crippen LogP contribution in [0.3, 0.4) is 0 Å². The molecule has 0 bridgehead atoms. The fourth-order valence-electron chi connectivity index (χ4n) is 1.45. The Morgan fingerprint density at radius 3 is 1.73 bits per heavy atom. The molecule has 124 valence electrons. The lowest BCUT2D eigenvalue weighted by molar-refractivity contribution is -0.137. The number of nitrogens with one attached hydrogen (secondary N) is 1. The van der Waals surface area contributed by atoms with Crippen molar-refractivity contribution in [2.75, 3.05) is 5.32 Å². The van der Waals surface area contributed by atoms with E-state index in [2.05, 4.69) is 0 Å². The third kappa shape index (κ3) is 4.91. The zero-order chi connectivity index (χ0) is 17.3. The van der Waals surface area contributed by atoms with E-state index < -0.39 is 38.2 Å². The number of hydrogen-bond donors (Lipinski definition) is 5. The molecule has 0 aliphatic carbocycles. The Bertz CT molecular complexity index is 626. The van der Waals surface area contributed by atoms with Crippen LogP contribution in [0.2, 0.25) is 0 Å².